The van der Waals surface area contributed by atoms with Gasteiger partial charge in [0, 0.05) is 31.8 Å². The Morgan fingerprint density at radius 3 is 2.76 bits per heavy atom. The monoisotopic (exact) mass is 244 g/mol. The van der Waals surface area contributed by atoms with Gasteiger partial charge >= 0.3 is 0 Å². The first kappa shape index (κ1) is 14.9. The Labute approximate surface area is 105 Å². The summed E-state index contributed by atoms with van der Waals surface area (Å²) in [5.41, 5.74) is 0. The van der Waals surface area contributed by atoms with Crippen LogP contribution >= 0.6 is 0 Å². The van der Waals surface area contributed by atoms with Crippen LogP contribution in [-0.4, -0.2) is 61.0 Å². The van der Waals surface area contributed by atoms with Crippen molar-refractivity contribution < 1.29 is 9.84 Å². The summed E-state index contributed by atoms with van der Waals surface area (Å²) < 4.78 is 5.25. The predicted molar refractivity (Wildman–Crippen MR) is 70.2 cm³/mol. The van der Waals surface area contributed by atoms with Crippen LogP contribution in [0.5, 0.6) is 0 Å². The van der Waals surface area contributed by atoms with Crippen LogP contribution in [0, 0.1) is 0 Å². The van der Waals surface area contributed by atoms with E-state index in [0.717, 1.165) is 13.1 Å². The van der Waals surface area contributed by atoms with Crippen molar-refractivity contribution in [3.8, 4) is 0 Å². The molecule has 2 N–H and O–H groups in total. The van der Waals surface area contributed by atoms with E-state index < -0.39 is 0 Å². The number of nitrogens with zero attached hydrogens (tertiary/aromatic N) is 1. The normalized spacial score (nSPS) is 22.6. The van der Waals surface area contributed by atoms with E-state index in [0.29, 0.717) is 31.8 Å². The highest BCUT2D eigenvalue weighted by Crippen LogP contribution is 2.10. The van der Waals surface area contributed by atoms with Crippen LogP contribution in [0.2, 0.25) is 0 Å². The van der Waals surface area contributed by atoms with Crippen LogP contribution in [0.15, 0.2) is 0 Å². The Morgan fingerprint density at radius 1 is 1.47 bits per heavy atom. The van der Waals surface area contributed by atoms with Gasteiger partial charge in [-0.25, -0.2) is 0 Å². The molecule has 0 spiro atoms. The average Bonchev–Trinajstić information content (AvgIpc) is 2.78. The SMILES string of the molecule is CCOCC(O)CN(CC1CCCN1)C(C)C. The Balaban J connectivity index is 2.31. The Morgan fingerprint density at radius 2 is 2.24 bits per heavy atom. The van der Waals surface area contributed by atoms with Gasteiger partial charge in [-0.15, -0.1) is 0 Å². The van der Waals surface area contributed by atoms with Crippen LogP contribution in [-0.2, 0) is 4.74 Å². The van der Waals surface area contributed by atoms with Crippen molar-refractivity contribution in [3.63, 3.8) is 0 Å². The van der Waals surface area contributed by atoms with Gasteiger partial charge in [-0.05, 0) is 40.2 Å². The van der Waals surface area contributed by atoms with Crippen LogP contribution < -0.4 is 5.32 Å². The van der Waals surface area contributed by atoms with Gasteiger partial charge in [0.05, 0.1) is 12.7 Å². The fourth-order valence-corrected chi connectivity index (χ4v) is 2.27. The molecule has 0 amide bonds. The lowest BCUT2D eigenvalue weighted by Gasteiger charge is -2.31. The van der Waals surface area contributed by atoms with E-state index in [1.807, 2.05) is 6.92 Å². The predicted octanol–water partition coefficient (Wildman–Crippen LogP) is 0.846. The molecule has 0 aliphatic carbocycles. The number of hydrogen-bond acceptors (Lipinski definition) is 4. The summed E-state index contributed by atoms with van der Waals surface area (Å²) in [7, 11) is 0. The summed E-state index contributed by atoms with van der Waals surface area (Å²) in [5.74, 6) is 0. The molecule has 0 aromatic heterocycles. The first-order valence-electron chi connectivity index (χ1n) is 6.86. The lowest BCUT2D eigenvalue weighted by Crippen LogP contribution is -2.45. The van der Waals surface area contributed by atoms with E-state index in [2.05, 4.69) is 24.1 Å². The largest absolute Gasteiger partial charge is 0.389 e. The summed E-state index contributed by atoms with van der Waals surface area (Å²) in [5, 5.41) is 13.4. The van der Waals surface area contributed by atoms with E-state index in [-0.39, 0.29) is 6.10 Å². The van der Waals surface area contributed by atoms with Crippen molar-refractivity contribution in [2.75, 3.05) is 32.8 Å². The van der Waals surface area contributed by atoms with E-state index in [9.17, 15) is 5.11 Å². The molecule has 1 aliphatic rings. The van der Waals surface area contributed by atoms with E-state index in [1.54, 1.807) is 0 Å². The lowest BCUT2D eigenvalue weighted by molar-refractivity contribution is 0.0136. The molecular formula is C13H28N2O2. The molecule has 2 atom stereocenters. The highest BCUT2D eigenvalue weighted by molar-refractivity contribution is 4.80. The van der Waals surface area contributed by atoms with Gasteiger partial charge in [0.1, 0.15) is 0 Å². The molecule has 0 aromatic carbocycles. The topological polar surface area (TPSA) is 44.7 Å². The Kier molecular flexibility index (Phi) is 7.04. The first-order valence-corrected chi connectivity index (χ1v) is 6.86. The van der Waals surface area contributed by atoms with Gasteiger partial charge in [0.15, 0.2) is 0 Å². The molecule has 0 aromatic rings. The molecule has 0 bridgehead atoms. The molecule has 0 radical (unpaired) electrons. The van der Waals surface area contributed by atoms with E-state index in [1.165, 1.54) is 12.8 Å². The van der Waals surface area contributed by atoms with Gasteiger partial charge in [0.25, 0.3) is 0 Å². The van der Waals surface area contributed by atoms with Crippen molar-refractivity contribution in [3.05, 3.63) is 0 Å². The van der Waals surface area contributed by atoms with Gasteiger partial charge in [-0.1, -0.05) is 0 Å². The number of aliphatic hydroxyl groups is 1. The fourth-order valence-electron chi connectivity index (χ4n) is 2.27. The highest BCUT2D eigenvalue weighted by Gasteiger charge is 2.21. The third kappa shape index (κ3) is 5.82. The zero-order valence-electron chi connectivity index (χ0n) is 11.5. The second-order valence-corrected chi connectivity index (χ2v) is 5.15. The first-order chi connectivity index (χ1) is 8.13. The maximum atomic E-state index is 9.89. The number of rotatable bonds is 8. The average molecular weight is 244 g/mol. The second-order valence-electron chi connectivity index (χ2n) is 5.15. The molecule has 1 rings (SSSR count). The zero-order valence-corrected chi connectivity index (χ0v) is 11.5. The second kappa shape index (κ2) is 8.03. The highest BCUT2D eigenvalue weighted by atomic mass is 16.5. The molecular weight excluding hydrogens is 216 g/mol. The third-order valence-corrected chi connectivity index (χ3v) is 3.31. The maximum Gasteiger partial charge on any atom is 0.0900 e. The number of aliphatic hydroxyl groups excluding tert-OH is 1. The number of hydrogen-bond donors (Lipinski definition) is 2. The molecule has 102 valence electrons. The Bertz CT molecular complexity index is 194. The van der Waals surface area contributed by atoms with Gasteiger partial charge in [-0.2, -0.15) is 0 Å². The molecule has 1 heterocycles. The standard InChI is InChI=1S/C13H28N2O2/c1-4-17-10-13(16)9-15(11(2)3)8-12-6-5-7-14-12/h11-14,16H,4-10H2,1-3H3. The van der Waals surface area contributed by atoms with Crippen LogP contribution in [0.1, 0.15) is 33.6 Å². The van der Waals surface area contributed by atoms with Gasteiger partial charge < -0.3 is 15.2 Å². The van der Waals surface area contributed by atoms with Crippen molar-refractivity contribution in [1.29, 1.82) is 0 Å². The van der Waals surface area contributed by atoms with Crippen molar-refractivity contribution in [1.82, 2.24) is 10.2 Å². The zero-order chi connectivity index (χ0) is 12.7. The summed E-state index contributed by atoms with van der Waals surface area (Å²) in [6, 6.07) is 1.06. The fraction of sp³-hybridized carbons (Fsp3) is 1.00. The van der Waals surface area contributed by atoms with Crippen LogP contribution in [0.4, 0.5) is 0 Å². The van der Waals surface area contributed by atoms with E-state index >= 15 is 0 Å². The smallest absolute Gasteiger partial charge is 0.0900 e. The van der Waals surface area contributed by atoms with E-state index in [4.69, 9.17) is 4.74 Å². The summed E-state index contributed by atoms with van der Waals surface area (Å²) in [4.78, 5) is 2.34. The molecule has 2 unspecified atom stereocenters. The van der Waals surface area contributed by atoms with Gasteiger partial charge in [0.2, 0.25) is 0 Å². The lowest BCUT2D eigenvalue weighted by atomic mass is 10.1. The molecule has 1 fully saturated rings. The third-order valence-electron chi connectivity index (χ3n) is 3.31. The molecule has 4 nitrogen and oxygen atoms in total. The molecule has 4 heteroatoms. The summed E-state index contributed by atoms with van der Waals surface area (Å²) in [6.45, 7) is 10.3. The summed E-state index contributed by atoms with van der Waals surface area (Å²) >= 11 is 0. The maximum absolute atomic E-state index is 9.89. The minimum atomic E-state index is -0.376. The van der Waals surface area contributed by atoms with Crippen LogP contribution in [0.25, 0.3) is 0 Å². The number of nitrogens with one attached hydrogen (secondary N) is 1. The number of ether oxygens (including phenoxy) is 1. The molecule has 0 saturated carbocycles. The van der Waals surface area contributed by atoms with Crippen molar-refractivity contribution in [2.45, 2.75) is 51.8 Å². The summed E-state index contributed by atoms with van der Waals surface area (Å²) in [6.07, 6.45) is 2.15. The molecule has 1 aliphatic heterocycles. The quantitative estimate of drug-likeness (QED) is 0.664. The van der Waals surface area contributed by atoms with Crippen molar-refractivity contribution in [2.24, 2.45) is 0 Å². The minimum Gasteiger partial charge on any atom is -0.389 e. The minimum absolute atomic E-state index is 0.376. The molecule has 1 saturated heterocycles. The molecule has 17 heavy (non-hydrogen) atoms. The van der Waals surface area contributed by atoms with Gasteiger partial charge in [-0.3, -0.25) is 4.90 Å². The van der Waals surface area contributed by atoms with Crippen molar-refractivity contribution >= 4 is 0 Å². The Hall–Kier alpha value is -0.160. The van der Waals surface area contributed by atoms with Crippen LogP contribution in [0.3, 0.4) is 0 Å².